The molecule has 82 valence electrons. The van der Waals surface area contributed by atoms with Crippen LogP contribution in [0, 0.1) is 12.8 Å². The van der Waals surface area contributed by atoms with E-state index in [-0.39, 0.29) is 0 Å². The third kappa shape index (κ3) is 3.07. The Bertz CT molecular complexity index is 319. The fraction of sp³-hybridized carbons (Fsp3) is 0.571. The molecule has 1 nitrogen and oxygen atoms in total. The first-order valence-corrected chi connectivity index (χ1v) is 6.03. The standard InChI is InChI=1S/C14H21N/c1-11-4-3-5-13(8-11)10-14-9-12(2)6-7-15-14/h3-5,8,12,14-15H,6-7,9-10H2,1-2H3. The SMILES string of the molecule is Cc1cccc(CC2CC(C)CCN2)c1. The van der Waals surface area contributed by atoms with Gasteiger partial charge in [0.25, 0.3) is 0 Å². The van der Waals surface area contributed by atoms with Gasteiger partial charge in [-0.3, -0.25) is 0 Å². The van der Waals surface area contributed by atoms with Crippen LogP contribution >= 0.6 is 0 Å². The Kier molecular flexibility index (Phi) is 3.42. The van der Waals surface area contributed by atoms with E-state index < -0.39 is 0 Å². The molecule has 0 spiro atoms. The molecular formula is C14H21N. The molecular weight excluding hydrogens is 182 g/mol. The second-order valence-electron chi connectivity index (χ2n) is 4.97. The molecule has 0 aliphatic carbocycles. The summed E-state index contributed by atoms with van der Waals surface area (Å²) in [4.78, 5) is 0. The molecule has 0 saturated carbocycles. The molecule has 2 unspecified atom stereocenters. The predicted molar refractivity (Wildman–Crippen MR) is 65.1 cm³/mol. The van der Waals surface area contributed by atoms with Gasteiger partial charge in [0, 0.05) is 6.04 Å². The van der Waals surface area contributed by atoms with Crippen LogP contribution in [0.15, 0.2) is 24.3 Å². The van der Waals surface area contributed by atoms with Crippen molar-refractivity contribution in [2.24, 2.45) is 5.92 Å². The first kappa shape index (κ1) is 10.7. The van der Waals surface area contributed by atoms with E-state index in [1.54, 1.807) is 0 Å². The van der Waals surface area contributed by atoms with Crippen molar-refractivity contribution in [3.8, 4) is 0 Å². The van der Waals surface area contributed by atoms with E-state index in [0.29, 0.717) is 6.04 Å². The fourth-order valence-electron chi connectivity index (χ4n) is 2.50. The van der Waals surface area contributed by atoms with Gasteiger partial charge in [-0.25, -0.2) is 0 Å². The van der Waals surface area contributed by atoms with Gasteiger partial charge in [0.2, 0.25) is 0 Å². The highest BCUT2D eigenvalue weighted by Crippen LogP contribution is 2.18. The Morgan fingerprint density at radius 1 is 1.40 bits per heavy atom. The van der Waals surface area contributed by atoms with Crippen molar-refractivity contribution in [3.63, 3.8) is 0 Å². The van der Waals surface area contributed by atoms with Gasteiger partial charge in [-0.15, -0.1) is 0 Å². The summed E-state index contributed by atoms with van der Waals surface area (Å²) in [5, 5.41) is 3.62. The molecule has 2 atom stereocenters. The molecule has 1 aromatic rings. The summed E-state index contributed by atoms with van der Waals surface area (Å²) in [5.41, 5.74) is 2.85. The molecule has 15 heavy (non-hydrogen) atoms. The van der Waals surface area contributed by atoms with Crippen LogP contribution in [0.3, 0.4) is 0 Å². The number of rotatable bonds is 2. The Morgan fingerprint density at radius 3 is 3.00 bits per heavy atom. The molecule has 2 rings (SSSR count). The van der Waals surface area contributed by atoms with Crippen molar-refractivity contribution < 1.29 is 0 Å². The van der Waals surface area contributed by atoms with Gasteiger partial charge < -0.3 is 5.32 Å². The van der Waals surface area contributed by atoms with Crippen molar-refractivity contribution in [2.45, 2.75) is 39.2 Å². The van der Waals surface area contributed by atoms with Crippen LogP contribution in [0.2, 0.25) is 0 Å². The van der Waals surface area contributed by atoms with E-state index >= 15 is 0 Å². The fourth-order valence-corrected chi connectivity index (χ4v) is 2.50. The summed E-state index contributed by atoms with van der Waals surface area (Å²) in [5.74, 6) is 0.890. The zero-order valence-corrected chi connectivity index (χ0v) is 9.79. The average molecular weight is 203 g/mol. The Hall–Kier alpha value is -0.820. The van der Waals surface area contributed by atoms with E-state index in [0.717, 1.165) is 5.92 Å². The quantitative estimate of drug-likeness (QED) is 0.779. The van der Waals surface area contributed by atoms with Gasteiger partial charge in [-0.1, -0.05) is 36.8 Å². The summed E-state index contributed by atoms with van der Waals surface area (Å²) < 4.78 is 0. The third-order valence-electron chi connectivity index (χ3n) is 3.32. The van der Waals surface area contributed by atoms with Crippen LogP contribution in [0.25, 0.3) is 0 Å². The normalized spacial score (nSPS) is 26.5. The molecule has 1 fully saturated rings. The highest BCUT2D eigenvalue weighted by molar-refractivity contribution is 5.23. The lowest BCUT2D eigenvalue weighted by molar-refractivity contribution is 0.318. The van der Waals surface area contributed by atoms with Gasteiger partial charge in [-0.2, -0.15) is 0 Å². The van der Waals surface area contributed by atoms with Crippen LogP contribution in [0.5, 0.6) is 0 Å². The largest absolute Gasteiger partial charge is 0.314 e. The highest BCUT2D eigenvalue weighted by Gasteiger charge is 2.18. The van der Waals surface area contributed by atoms with Crippen molar-refractivity contribution in [1.82, 2.24) is 5.32 Å². The first-order chi connectivity index (χ1) is 7.24. The molecule has 0 radical (unpaired) electrons. The van der Waals surface area contributed by atoms with E-state index in [4.69, 9.17) is 0 Å². The van der Waals surface area contributed by atoms with Crippen LogP contribution in [-0.4, -0.2) is 12.6 Å². The van der Waals surface area contributed by atoms with Crippen LogP contribution in [0.4, 0.5) is 0 Å². The molecule has 0 amide bonds. The van der Waals surface area contributed by atoms with Gasteiger partial charge in [-0.05, 0) is 44.2 Å². The lowest BCUT2D eigenvalue weighted by atomic mass is 9.90. The maximum Gasteiger partial charge on any atom is 0.0110 e. The summed E-state index contributed by atoms with van der Waals surface area (Å²) in [6.07, 6.45) is 3.85. The zero-order chi connectivity index (χ0) is 10.7. The number of benzene rings is 1. The summed E-state index contributed by atoms with van der Waals surface area (Å²) in [7, 11) is 0. The van der Waals surface area contributed by atoms with Crippen LogP contribution < -0.4 is 5.32 Å². The number of hydrogen-bond donors (Lipinski definition) is 1. The number of hydrogen-bond acceptors (Lipinski definition) is 1. The third-order valence-corrected chi connectivity index (χ3v) is 3.32. The van der Waals surface area contributed by atoms with E-state index in [1.165, 1.54) is 36.9 Å². The predicted octanol–water partition coefficient (Wildman–Crippen LogP) is 2.93. The molecule has 1 saturated heterocycles. The van der Waals surface area contributed by atoms with Crippen LogP contribution in [0.1, 0.15) is 30.9 Å². The Morgan fingerprint density at radius 2 is 2.27 bits per heavy atom. The number of nitrogens with one attached hydrogen (secondary N) is 1. The minimum atomic E-state index is 0.690. The number of aryl methyl sites for hydroxylation is 1. The topological polar surface area (TPSA) is 12.0 Å². The monoisotopic (exact) mass is 203 g/mol. The molecule has 1 heteroatoms. The van der Waals surface area contributed by atoms with Crippen molar-refractivity contribution in [2.75, 3.05) is 6.54 Å². The van der Waals surface area contributed by atoms with Crippen LogP contribution in [-0.2, 0) is 6.42 Å². The van der Waals surface area contributed by atoms with Gasteiger partial charge in [0.15, 0.2) is 0 Å². The smallest absolute Gasteiger partial charge is 0.0110 e. The maximum absolute atomic E-state index is 3.62. The molecule has 1 aliphatic rings. The molecule has 1 aliphatic heterocycles. The van der Waals surface area contributed by atoms with Crippen molar-refractivity contribution in [3.05, 3.63) is 35.4 Å². The van der Waals surface area contributed by atoms with Gasteiger partial charge in [0.05, 0.1) is 0 Å². The maximum atomic E-state index is 3.62. The van der Waals surface area contributed by atoms with Crippen molar-refractivity contribution >= 4 is 0 Å². The minimum Gasteiger partial charge on any atom is -0.314 e. The summed E-state index contributed by atoms with van der Waals surface area (Å²) in [6, 6.07) is 9.57. The van der Waals surface area contributed by atoms with Gasteiger partial charge >= 0.3 is 0 Å². The minimum absolute atomic E-state index is 0.690. The highest BCUT2D eigenvalue weighted by atomic mass is 14.9. The molecule has 0 aromatic heterocycles. The Labute approximate surface area is 92.9 Å². The average Bonchev–Trinajstić information content (AvgIpc) is 2.17. The molecule has 0 bridgehead atoms. The summed E-state index contributed by atoms with van der Waals surface area (Å²) in [6.45, 7) is 5.72. The summed E-state index contributed by atoms with van der Waals surface area (Å²) >= 11 is 0. The molecule has 1 N–H and O–H groups in total. The zero-order valence-electron chi connectivity index (χ0n) is 9.79. The van der Waals surface area contributed by atoms with Gasteiger partial charge in [0.1, 0.15) is 0 Å². The van der Waals surface area contributed by atoms with E-state index in [1.807, 2.05) is 0 Å². The molecule has 1 heterocycles. The second-order valence-corrected chi connectivity index (χ2v) is 4.97. The van der Waals surface area contributed by atoms with E-state index in [9.17, 15) is 0 Å². The number of piperidine rings is 1. The second kappa shape index (κ2) is 4.80. The Balaban J connectivity index is 1.96. The van der Waals surface area contributed by atoms with Crippen molar-refractivity contribution in [1.29, 1.82) is 0 Å². The molecule has 1 aromatic carbocycles. The van der Waals surface area contributed by atoms with E-state index in [2.05, 4.69) is 43.4 Å². The lowest BCUT2D eigenvalue weighted by Crippen LogP contribution is -2.38. The lowest BCUT2D eigenvalue weighted by Gasteiger charge is -2.28. The first-order valence-electron chi connectivity index (χ1n) is 6.03.